The van der Waals surface area contributed by atoms with Crippen molar-refractivity contribution in [3.05, 3.63) is 12.2 Å². The van der Waals surface area contributed by atoms with E-state index in [4.69, 9.17) is 9.47 Å². The first-order valence-electron chi connectivity index (χ1n) is 8.04. The molecule has 0 saturated carbocycles. The number of hydrogen-bond acceptors (Lipinski definition) is 4. The van der Waals surface area contributed by atoms with Crippen molar-refractivity contribution in [3.63, 3.8) is 0 Å². The summed E-state index contributed by atoms with van der Waals surface area (Å²) in [7, 11) is 0. The van der Waals surface area contributed by atoms with Crippen molar-refractivity contribution in [2.24, 2.45) is 23.7 Å². The van der Waals surface area contributed by atoms with Gasteiger partial charge < -0.3 is 19.4 Å². The molecule has 8 atom stereocenters. The summed E-state index contributed by atoms with van der Waals surface area (Å²) in [5, 5.41) is 10.6. The fraction of sp³-hybridized carbons (Fsp3) is 0.824. The van der Waals surface area contributed by atoms with E-state index < -0.39 is 11.9 Å². The first kappa shape index (κ1) is 16.7. The molecule has 1 N–H and O–H groups in total. The minimum Gasteiger partial charge on any atom is -0.392 e. The van der Waals surface area contributed by atoms with Crippen molar-refractivity contribution in [2.75, 3.05) is 0 Å². The predicted molar refractivity (Wildman–Crippen MR) is 80.6 cm³/mol. The zero-order valence-electron chi connectivity index (χ0n) is 13.7. The van der Waals surface area contributed by atoms with Crippen molar-refractivity contribution in [1.29, 1.82) is 0 Å². The molecule has 0 aliphatic carbocycles. The van der Waals surface area contributed by atoms with Crippen molar-refractivity contribution < 1.29 is 19.4 Å². The molecule has 0 unspecified atom stereocenters. The number of rotatable bonds is 3. The Balaban J connectivity index is 2.32. The Labute approximate surface area is 127 Å². The van der Waals surface area contributed by atoms with Crippen LogP contribution in [-0.2, 0) is 14.3 Å². The van der Waals surface area contributed by atoms with Crippen LogP contribution in [0.4, 0.5) is 0 Å². The van der Waals surface area contributed by atoms with Gasteiger partial charge in [-0.1, -0.05) is 33.8 Å². The number of carbonyl (C=O) groups is 1. The Morgan fingerprint density at radius 2 is 2.00 bits per heavy atom. The van der Waals surface area contributed by atoms with Crippen molar-refractivity contribution in [2.45, 2.75) is 65.1 Å². The number of aliphatic hydroxyl groups excluding tert-OH is 1. The van der Waals surface area contributed by atoms with Gasteiger partial charge in [-0.3, -0.25) is 0 Å². The molecule has 2 aliphatic heterocycles. The van der Waals surface area contributed by atoms with Crippen LogP contribution >= 0.6 is 0 Å². The van der Waals surface area contributed by atoms with Crippen LogP contribution in [0, 0.1) is 23.7 Å². The summed E-state index contributed by atoms with van der Waals surface area (Å²) in [5.74, 6) is -1.08. The summed E-state index contributed by atoms with van der Waals surface area (Å²) in [4.78, 5) is 11.2. The fourth-order valence-electron chi connectivity index (χ4n) is 3.60. The second kappa shape index (κ2) is 6.19. The highest BCUT2D eigenvalue weighted by Crippen LogP contribution is 2.44. The highest BCUT2D eigenvalue weighted by atomic mass is 16.7. The Kier molecular flexibility index (Phi) is 4.91. The first-order chi connectivity index (χ1) is 9.86. The minimum absolute atomic E-state index is 0.0373. The SMILES string of the molecule is CC[C@H]1C=C[C@@]2(O[C@@H]([C@@H](C)C=O)[C@@H](C)[C@@H](O)[C@@H]2C)O[C@@H]1C. The zero-order valence-corrected chi connectivity index (χ0v) is 13.7. The maximum absolute atomic E-state index is 11.2. The van der Waals surface area contributed by atoms with Crippen LogP contribution in [0.2, 0.25) is 0 Å². The van der Waals surface area contributed by atoms with Gasteiger partial charge >= 0.3 is 0 Å². The van der Waals surface area contributed by atoms with Crippen LogP contribution in [0.1, 0.15) is 41.0 Å². The molecule has 0 radical (unpaired) electrons. The number of aldehydes is 1. The average molecular weight is 296 g/mol. The molecule has 4 heteroatoms. The van der Waals surface area contributed by atoms with Crippen LogP contribution in [-0.4, -0.2) is 35.5 Å². The lowest BCUT2D eigenvalue weighted by Crippen LogP contribution is -2.61. The molecule has 1 saturated heterocycles. The first-order valence-corrected chi connectivity index (χ1v) is 8.04. The normalized spacial score (nSPS) is 48.3. The van der Waals surface area contributed by atoms with E-state index in [-0.39, 0.29) is 30.0 Å². The molecule has 0 aromatic rings. The van der Waals surface area contributed by atoms with Crippen LogP contribution in [0.15, 0.2) is 12.2 Å². The van der Waals surface area contributed by atoms with E-state index in [0.29, 0.717) is 5.92 Å². The summed E-state index contributed by atoms with van der Waals surface area (Å²) in [5.41, 5.74) is 0. The molecule has 0 aromatic heterocycles. The van der Waals surface area contributed by atoms with Crippen LogP contribution in [0.3, 0.4) is 0 Å². The number of hydrogen-bond donors (Lipinski definition) is 1. The van der Waals surface area contributed by atoms with Crippen molar-refractivity contribution >= 4 is 6.29 Å². The lowest BCUT2D eigenvalue weighted by molar-refractivity contribution is -0.334. The van der Waals surface area contributed by atoms with E-state index in [2.05, 4.69) is 13.0 Å². The smallest absolute Gasteiger partial charge is 0.193 e. The van der Waals surface area contributed by atoms with Gasteiger partial charge in [0.05, 0.1) is 18.3 Å². The third-order valence-corrected chi connectivity index (χ3v) is 5.28. The maximum Gasteiger partial charge on any atom is 0.193 e. The van der Waals surface area contributed by atoms with Gasteiger partial charge in [0.15, 0.2) is 5.79 Å². The minimum atomic E-state index is -0.918. The zero-order chi connectivity index (χ0) is 15.8. The molecule has 2 rings (SSSR count). The van der Waals surface area contributed by atoms with Crippen LogP contribution < -0.4 is 0 Å². The van der Waals surface area contributed by atoms with Crippen LogP contribution in [0.25, 0.3) is 0 Å². The molecule has 2 heterocycles. The molecular weight excluding hydrogens is 268 g/mol. The lowest BCUT2D eigenvalue weighted by atomic mass is 9.76. The highest BCUT2D eigenvalue weighted by Gasteiger charge is 2.53. The van der Waals surface area contributed by atoms with Gasteiger partial charge in [0.2, 0.25) is 0 Å². The van der Waals surface area contributed by atoms with Gasteiger partial charge in [0.1, 0.15) is 6.29 Å². The second-order valence-corrected chi connectivity index (χ2v) is 6.69. The largest absolute Gasteiger partial charge is 0.392 e. The highest BCUT2D eigenvalue weighted by molar-refractivity contribution is 5.54. The standard InChI is InChI=1S/C17H28O4/c1-6-14-7-8-17(20-13(14)5)12(4)15(19)11(3)16(21-17)10(2)9-18/h7-16,19H,6H2,1-5H3/t10-,11-,12-,13+,14-,15+,16-,17-/m0/s1. The quantitative estimate of drug-likeness (QED) is 0.642. The number of carbonyl (C=O) groups excluding carboxylic acids is 1. The Hall–Kier alpha value is -0.710. The molecule has 4 nitrogen and oxygen atoms in total. The van der Waals surface area contributed by atoms with E-state index in [9.17, 15) is 9.90 Å². The van der Waals surface area contributed by atoms with E-state index in [1.165, 1.54) is 0 Å². The van der Waals surface area contributed by atoms with Gasteiger partial charge in [-0.05, 0) is 19.4 Å². The summed E-state index contributed by atoms with van der Waals surface area (Å²) in [6.45, 7) is 9.88. The van der Waals surface area contributed by atoms with Gasteiger partial charge in [-0.2, -0.15) is 0 Å². The van der Waals surface area contributed by atoms with E-state index in [1.54, 1.807) is 0 Å². The third-order valence-electron chi connectivity index (χ3n) is 5.28. The topological polar surface area (TPSA) is 55.8 Å². The molecule has 21 heavy (non-hydrogen) atoms. The number of ether oxygens (including phenoxy) is 2. The molecule has 2 aliphatic rings. The third kappa shape index (κ3) is 2.81. The summed E-state index contributed by atoms with van der Waals surface area (Å²) in [6, 6.07) is 0. The second-order valence-electron chi connectivity index (χ2n) is 6.69. The molecule has 1 fully saturated rings. The molecule has 1 spiro atoms. The Bertz CT molecular complexity index is 408. The fourth-order valence-corrected chi connectivity index (χ4v) is 3.60. The molecule has 120 valence electrons. The Morgan fingerprint density at radius 1 is 1.33 bits per heavy atom. The summed E-state index contributed by atoms with van der Waals surface area (Å²) < 4.78 is 12.4. The van der Waals surface area contributed by atoms with E-state index in [1.807, 2.05) is 33.8 Å². The number of aliphatic hydroxyl groups is 1. The molecule has 0 aromatic carbocycles. The van der Waals surface area contributed by atoms with Crippen molar-refractivity contribution in [1.82, 2.24) is 0 Å². The van der Waals surface area contributed by atoms with Gasteiger partial charge in [0.25, 0.3) is 0 Å². The monoisotopic (exact) mass is 296 g/mol. The van der Waals surface area contributed by atoms with Crippen LogP contribution in [0.5, 0.6) is 0 Å². The maximum atomic E-state index is 11.2. The van der Waals surface area contributed by atoms with Gasteiger partial charge in [-0.15, -0.1) is 0 Å². The average Bonchev–Trinajstić information content (AvgIpc) is 2.48. The van der Waals surface area contributed by atoms with E-state index >= 15 is 0 Å². The molecule has 0 amide bonds. The van der Waals surface area contributed by atoms with E-state index in [0.717, 1.165) is 12.7 Å². The van der Waals surface area contributed by atoms with Crippen molar-refractivity contribution in [3.8, 4) is 0 Å². The molecular formula is C17H28O4. The predicted octanol–water partition coefficient (Wildman–Crippen LogP) is 2.55. The van der Waals surface area contributed by atoms with Gasteiger partial charge in [0, 0.05) is 23.7 Å². The Morgan fingerprint density at radius 3 is 2.52 bits per heavy atom. The van der Waals surface area contributed by atoms with Gasteiger partial charge in [-0.25, -0.2) is 0 Å². The molecule has 0 bridgehead atoms. The summed E-state index contributed by atoms with van der Waals surface area (Å²) >= 11 is 0. The lowest BCUT2D eigenvalue weighted by Gasteiger charge is -2.52. The summed E-state index contributed by atoms with van der Waals surface area (Å²) in [6.07, 6.45) is 5.14.